The van der Waals surface area contributed by atoms with Gasteiger partial charge in [-0.2, -0.15) is 0 Å². The van der Waals surface area contributed by atoms with E-state index in [-0.39, 0.29) is 6.10 Å². The van der Waals surface area contributed by atoms with Crippen LogP contribution in [0.4, 0.5) is 0 Å². The smallest absolute Gasteiger partial charge is 0.0793 e. The summed E-state index contributed by atoms with van der Waals surface area (Å²) in [4.78, 5) is 4.74. The zero-order valence-corrected chi connectivity index (χ0v) is 19.0. The molecule has 5 heteroatoms. The van der Waals surface area contributed by atoms with E-state index in [1.54, 1.807) is 0 Å². The third-order valence-electron chi connectivity index (χ3n) is 5.98. The minimum Gasteiger partial charge on any atom is -0.390 e. The number of aliphatic hydroxyl groups excluding tert-OH is 1. The summed E-state index contributed by atoms with van der Waals surface area (Å²) in [6, 6.07) is 13.0. The summed E-state index contributed by atoms with van der Waals surface area (Å²) in [5.41, 5.74) is 3.99. The molecule has 1 aromatic heterocycles. The van der Waals surface area contributed by atoms with E-state index in [1.165, 1.54) is 16.8 Å². The van der Waals surface area contributed by atoms with E-state index in [9.17, 15) is 5.11 Å². The van der Waals surface area contributed by atoms with Crippen molar-refractivity contribution in [2.24, 2.45) is 5.92 Å². The molecule has 2 aromatic rings. The maximum atomic E-state index is 10.8. The number of hydrogen-bond donors (Lipinski definition) is 1. The molecule has 3 rings (SSSR count). The van der Waals surface area contributed by atoms with Gasteiger partial charge in [0.05, 0.1) is 19.3 Å². The highest BCUT2D eigenvalue weighted by atomic mass is 16.5. The SMILES string of the molecule is Cc1ccccc1Cn1cccc1CN(CCC(C)C)C[C@@H](O)CN1CCOCC1. The van der Waals surface area contributed by atoms with Crippen molar-refractivity contribution in [3.05, 3.63) is 59.4 Å². The fourth-order valence-corrected chi connectivity index (χ4v) is 4.06. The number of aromatic nitrogens is 1. The Morgan fingerprint density at radius 3 is 2.60 bits per heavy atom. The zero-order valence-electron chi connectivity index (χ0n) is 19.0. The highest BCUT2D eigenvalue weighted by molar-refractivity contribution is 5.26. The first-order valence-electron chi connectivity index (χ1n) is 11.4. The molecule has 1 aromatic carbocycles. The molecule has 1 saturated heterocycles. The lowest BCUT2D eigenvalue weighted by Crippen LogP contribution is -2.44. The van der Waals surface area contributed by atoms with Gasteiger partial charge in [0, 0.05) is 51.2 Å². The third kappa shape index (κ3) is 7.24. The second-order valence-electron chi connectivity index (χ2n) is 9.04. The highest BCUT2D eigenvalue weighted by Crippen LogP contribution is 2.15. The summed E-state index contributed by atoms with van der Waals surface area (Å²) >= 11 is 0. The Morgan fingerprint density at radius 2 is 1.87 bits per heavy atom. The summed E-state index contributed by atoms with van der Waals surface area (Å²) in [6.45, 7) is 14.3. The second kappa shape index (κ2) is 11.7. The molecule has 0 amide bonds. The van der Waals surface area contributed by atoms with Crippen LogP contribution >= 0.6 is 0 Å². The van der Waals surface area contributed by atoms with Crippen molar-refractivity contribution in [3.63, 3.8) is 0 Å². The fourth-order valence-electron chi connectivity index (χ4n) is 4.06. The maximum Gasteiger partial charge on any atom is 0.0793 e. The lowest BCUT2D eigenvalue weighted by molar-refractivity contribution is 0.00578. The largest absolute Gasteiger partial charge is 0.390 e. The van der Waals surface area contributed by atoms with Gasteiger partial charge in [-0.25, -0.2) is 0 Å². The van der Waals surface area contributed by atoms with Crippen LogP contribution in [0.2, 0.25) is 0 Å². The van der Waals surface area contributed by atoms with Gasteiger partial charge in [-0.1, -0.05) is 38.1 Å². The topological polar surface area (TPSA) is 40.9 Å². The molecule has 1 N–H and O–H groups in total. The molecule has 0 spiro atoms. The van der Waals surface area contributed by atoms with Gasteiger partial charge in [0.2, 0.25) is 0 Å². The molecule has 30 heavy (non-hydrogen) atoms. The summed E-state index contributed by atoms with van der Waals surface area (Å²) in [5, 5.41) is 10.8. The number of rotatable bonds is 11. The minimum absolute atomic E-state index is 0.338. The summed E-state index contributed by atoms with van der Waals surface area (Å²) in [6.07, 6.45) is 2.98. The molecule has 0 radical (unpaired) electrons. The van der Waals surface area contributed by atoms with E-state index in [4.69, 9.17) is 4.74 Å². The van der Waals surface area contributed by atoms with Crippen LogP contribution in [0.5, 0.6) is 0 Å². The van der Waals surface area contributed by atoms with Crippen LogP contribution < -0.4 is 0 Å². The number of benzene rings is 1. The van der Waals surface area contributed by atoms with Crippen LogP contribution in [0.25, 0.3) is 0 Å². The number of ether oxygens (including phenoxy) is 1. The van der Waals surface area contributed by atoms with Crippen LogP contribution in [0, 0.1) is 12.8 Å². The first-order valence-corrected chi connectivity index (χ1v) is 11.4. The molecule has 1 aliphatic heterocycles. The van der Waals surface area contributed by atoms with Crippen molar-refractivity contribution >= 4 is 0 Å². The van der Waals surface area contributed by atoms with Crippen molar-refractivity contribution in [3.8, 4) is 0 Å². The fraction of sp³-hybridized carbons (Fsp3) is 0.600. The molecule has 5 nitrogen and oxygen atoms in total. The van der Waals surface area contributed by atoms with Crippen LogP contribution in [-0.4, -0.2) is 71.5 Å². The van der Waals surface area contributed by atoms with E-state index < -0.39 is 0 Å². The predicted octanol–water partition coefficient (Wildman–Crippen LogP) is 3.39. The van der Waals surface area contributed by atoms with E-state index in [2.05, 4.69) is 77.7 Å². The number of morpholine rings is 1. The number of nitrogens with zero attached hydrogens (tertiary/aromatic N) is 3. The molecule has 1 aliphatic rings. The van der Waals surface area contributed by atoms with E-state index in [1.807, 2.05) is 0 Å². The Labute approximate surface area is 182 Å². The van der Waals surface area contributed by atoms with Crippen LogP contribution in [0.3, 0.4) is 0 Å². The first kappa shape index (κ1) is 23.0. The Bertz CT molecular complexity index is 752. The average Bonchev–Trinajstić information content (AvgIpc) is 3.15. The Morgan fingerprint density at radius 1 is 1.10 bits per heavy atom. The first-order chi connectivity index (χ1) is 14.5. The summed E-state index contributed by atoms with van der Waals surface area (Å²) in [5.74, 6) is 0.655. The predicted molar refractivity (Wildman–Crippen MR) is 123 cm³/mol. The standard InChI is InChI=1S/C25H39N3O2/c1-21(2)10-12-27(20-25(29)19-26-13-15-30-16-14-26)18-24-9-6-11-28(24)17-23-8-5-4-7-22(23)3/h4-9,11,21,25,29H,10,12-20H2,1-3H3/t25-/m0/s1. The summed E-state index contributed by atoms with van der Waals surface area (Å²) < 4.78 is 7.78. The molecule has 0 unspecified atom stereocenters. The summed E-state index contributed by atoms with van der Waals surface area (Å²) in [7, 11) is 0. The average molecular weight is 414 g/mol. The Hall–Kier alpha value is -1.66. The van der Waals surface area contributed by atoms with Crippen LogP contribution in [-0.2, 0) is 17.8 Å². The van der Waals surface area contributed by atoms with E-state index in [0.717, 1.165) is 58.9 Å². The molecule has 1 atom stereocenters. The Kier molecular flexibility index (Phi) is 8.94. The second-order valence-corrected chi connectivity index (χ2v) is 9.04. The molecular formula is C25H39N3O2. The van der Waals surface area contributed by atoms with Gasteiger partial charge in [-0.3, -0.25) is 9.80 Å². The number of aryl methyl sites for hydroxylation is 1. The van der Waals surface area contributed by atoms with Crippen molar-refractivity contribution in [2.75, 3.05) is 45.9 Å². The normalized spacial score (nSPS) is 16.5. The quantitative estimate of drug-likeness (QED) is 0.613. The maximum absolute atomic E-state index is 10.8. The van der Waals surface area contributed by atoms with Gasteiger partial charge < -0.3 is 14.4 Å². The number of β-amino-alcohol motifs (C(OH)–C–C–N with tert-alkyl or cyclic N) is 1. The molecule has 0 bridgehead atoms. The van der Waals surface area contributed by atoms with Crippen molar-refractivity contribution in [1.82, 2.24) is 14.4 Å². The Balaban J connectivity index is 1.63. The molecule has 0 aliphatic carbocycles. The van der Waals surface area contributed by atoms with Crippen LogP contribution in [0.15, 0.2) is 42.6 Å². The molecule has 0 saturated carbocycles. The molecule has 2 heterocycles. The third-order valence-corrected chi connectivity index (χ3v) is 5.98. The molecule has 166 valence electrons. The number of hydrogen-bond acceptors (Lipinski definition) is 4. The van der Waals surface area contributed by atoms with Gasteiger partial charge in [-0.05, 0) is 49.1 Å². The molecule has 1 fully saturated rings. The highest BCUT2D eigenvalue weighted by Gasteiger charge is 2.19. The van der Waals surface area contributed by atoms with Gasteiger partial charge in [0.15, 0.2) is 0 Å². The zero-order chi connectivity index (χ0) is 21.3. The van der Waals surface area contributed by atoms with Crippen LogP contribution in [0.1, 0.15) is 37.1 Å². The van der Waals surface area contributed by atoms with Crippen molar-refractivity contribution in [1.29, 1.82) is 0 Å². The van der Waals surface area contributed by atoms with Crippen molar-refractivity contribution in [2.45, 2.75) is 46.4 Å². The van der Waals surface area contributed by atoms with E-state index in [0.29, 0.717) is 12.5 Å². The van der Waals surface area contributed by atoms with Gasteiger partial charge >= 0.3 is 0 Å². The van der Waals surface area contributed by atoms with Gasteiger partial charge in [-0.15, -0.1) is 0 Å². The number of aliphatic hydroxyl groups is 1. The lowest BCUT2D eigenvalue weighted by Gasteiger charge is -2.31. The van der Waals surface area contributed by atoms with Gasteiger partial charge in [0.25, 0.3) is 0 Å². The monoisotopic (exact) mass is 413 g/mol. The lowest BCUT2D eigenvalue weighted by atomic mass is 10.1. The van der Waals surface area contributed by atoms with E-state index >= 15 is 0 Å². The molecular weight excluding hydrogens is 374 g/mol. The van der Waals surface area contributed by atoms with Crippen molar-refractivity contribution < 1.29 is 9.84 Å². The minimum atomic E-state index is -0.338. The van der Waals surface area contributed by atoms with Gasteiger partial charge in [0.1, 0.15) is 0 Å².